The summed E-state index contributed by atoms with van der Waals surface area (Å²) in [4.78, 5) is 21.6. The number of hydrogen-bond donors (Lipinski definition) is 0. The van der Waals surface area contributed by atoms with Gasteiger partial charge in [-0.25, -0.2) is 15.0 Å². The Hall–Kier alpha value is -2.59. The highest BCUT2D eigenvalue weighted by Gasteiger charge is 2.32. The molecule has 0 unspecified atom stereocenters. The maximum atomic E-state index is 11.9. The monoisotopic (exact) mass is 1020 g/mol. The molecule has 60 heavy (non-hydrogen) atoms. The first kappa shape index (κ1) is 51.8. The number of hydrogen-bond acceptors (Lipinski definition) is 9. The van der Waals surface area contributed by atoms with Crippen LogP contribution in [0.25, 0.3) is 20.4 Å². The summed E-state index contributed by atoms with van der Waals surface area (Å²) in [5.41, 5.74) is -0.461. The molecule has 318 valence electrons. The van der Waals surface area contributed by atoms with Crippen LogP contribution in [0.15, 0.2) is 109 Å². The molecule has 0 saturated carbocycles. The van der Waals surface area contributed by atoms with E-state index < -0.39 is 11.9 Å². The van der Waals surface area contributed by atoms with Crippen LogP contribution in [0.4, 0.5) is 13.2 Å². The Morgan fingerprint density at radius 2 is 1.08 bits per heavy atom. The molecular formula is C43H39Cl5F3N3S6. The van der Waals surface area contributed by atoms with Crippen molar-refractivity contribution < 1.29 is 13.2 Å². The number of alkyl halides is 3. The lowest BCUT2D eigenvalue weighted by Crippen LogP contribution is -2.07. The van der Waals surface area contributed by atoms with Crippen molar-refractivity contribution in [3.05, 3.63) is 172 Å². The van der Waals surface area contributed by atoms with Crippen LogP contribution in [0.5, 0.6) is 0 Å². The van der Waals surface area contributed by atoms with Crippen molar-refractivity contribution in [3.8, 4) is 0 Å². The lowest BCUT2D eigenvalue weighted by atomic mass is 10.3. The van der Waals surface area contributed by atoms with Crippen LogP contribution in [0.1, 0.15) is 40.7 Å². The molecule has 3 nitrogen and oxygen atoms in total. The van der Waals surface area contributed by atoms with E-state index in [2.05, 4.69) is 71.4 Å². The quantitative estimate of drug-likeness (QED) is 0.142. The van der Waals surface area contributed by atoms with Gasteiger partial charge in [0.05, 0.1) is 13.7 Å². The summed E-state index contributed by atoms with van der Waals surface area (Å²) >= 11 is 38.0. The molecule has 0 saturated heterocycles. The van der Waals surface area contributed by atoms with Crippen molar-refractivity contribution in [3.63, 3.8) is 0 Å². The topological polar surface area (TPSA) is 38.7 Å². The smallest absolute Gasteiger partial charge is 0.249 e. The number of pyridine rings is 3. The number of fused-ring (bicyclic) bond motifs is 2. The molecular weight excluding hydrogens is 985 g/mol. The predicted octanol–water partition coefficient (Wildman–Crippen LogP) is 19.1. The van der Waals surface area contributed by atoms with Gasteiger partial charge in [0.25, 0.3) is 0 Å². The fourth-order valence-electron chi connectivity index (χ4n) is 4.35. The Balaban J connectivity index is 0.000000189. The summed E-state index contributed by atoms with van der Waals surface area (Å²) in [7, 11) is 0. The van der Waals surface area contributed by atoms with Gasteiger partial charge < -0.3 is 0 Å². The van der Waals surface area contributed by atoms with E-state index in [1.165, 1.54) is 65.6 Å². The highest BCUT2D eigenvalue weighted by atomic mass is 35.5. The lowest BCUT2D eigenvalue weighted by Gasteiger charge is -2.04. The summed E-state index contributed by atoms with van der Waals surface area (Å²) in [6.07, 6.45) is -2.50. The van der Waals surface area contributed by atoms with Gasteiger partial charge in [0, 0.05) is 51.9 Å². The molecule has 0 atom stereocenters. The van der Waals surface area contributed by atoms with Crippen LogP contribution >= 0.6 is 126 Å². The van der Waals surface area contributed by atoms with E-state index in [4.69, 9.17) is 58.0 Å². The third kappa shape index (κ3) is 20.1. The second-order valence-corrected chi connectivity index (χ2v) is 22.3. The summed E-state index contributed by atoms with van der Waals surface area (Å²) in [5.74, 6) is 0. The second kappa shape index (κ2) is 26.1. The Bertz CT molecular complexity index is 2490. The van der Waals surface area contributed by atoms with Gasteiger partial charge in [0.15, 0.2) is 0 Å². The molecule has 0 aliphatic heterocycles. The van der Waals surface area contributed by atoms with Gasteiger partial charge in [-0.15, -0.1) is 68.0 Å². The van der Waals surface area contributed by atoms with Gasteiger partial charge >= 0.3 is 6.18 Å². The minimum absolute atomic E-state index is 0.375. The minimum atomic E-state index is -4.33. The van der Waals surface area contributed by atoms with Crippen molar-refractivity contribution >= 4 is 146 Å². The van der Waals surface area contributed by atoms with Crippen LogP contribution in [0.2, 0.25) is 23.2 Å². The van der Waals surface area contributed by atoms with Gasteiger partial charge in [-0.2, -0.15) is 13.2 Å². The number of aryl methyl sites for hydroxylation is 7. The molecule has 0 amide bonds. The van der Waals surface area contributed by atoms with E-state index in [1.807, 2.05) is 75.5 Å². The summed E-state index contributed by atoms with van der Waals surface area (Å²) in [6, 6.07) is 29.8. The average molecular weight is 1020 g/mol. The molecule has 9 heterocycles. The predicted molar refractivity (Wildman–Crippen MR) is 264 cm³/mol. The molecule has 0 aromatic carbocycles. The minimum Gasteiger partial charge on any atom is -0.249 e. The molecule has 0 N–H and O–H groups in total. The Morgan fingerprint density at radius 1 is 0.500 bits per heavy atom. The van der Waals surface area contributed by atoms with Crippen molar-refractivity contribution in [2.75, 3.05) is 0 Å². The normalized spacial score (nSPS) is 10.2. The second-order valence-electron chi connectivity index (χ2n) is 12.2. The first-order valence-electron chi connectivity index (χ1n) is 17.5. The van der Waals surface area contributed by atoms with Crippen molar-refractivity contribution in [2.24, 2.45) is 0 Å². The number of aromatic nitrogens is 3. The lowest BCUT2D eigenvalue weighted by molar-refractivity contribution is -0.141. The number of nitrogens with zero attached hydrogens (tertiary/aromatic N) is 3. The highest BCUT2D eigenvalue weighted by molar-refractivity contribution is 7.19. The van der Waals surface area contributed by atoms with Crippen molar-refractivity contribution in [1.82, 2.24) is 15.0 Å². The summed E-state index contributed by atoms with van der Waals surface area (Å²) in [5, 5.41) is 5.74. The number of thiophene rings is 6. The van der Waals surface area contributed by atoms with Crippen molar-refractivity contribution in [1.29, 1.82) is 0 Å². The fraction of sp³-hybridized carbons (Fsp3) is 0.186. The van der Waals surface area contributed by atoms with Gasteiger partial charge in [-0.05, 0) is 133 Å². The van der Waals surface area contributed by atoms with E-state index >= 15 is 0 Å². The SMILES string of the molecule is Cc1cc(Cl)c(Cl)s1.Cc1cc2ccc(Cl)nc2s1.Cc1cc2cccnc2s1.Cc1ccc(Cl)s1.Cc1ccc(Cl)s1.Cc1cccc(C(F)(F)F)n1.Cc1cccs1. The van der Waals surface area contributed by atoms with Crippen LogP contribution in [-0.4, -0.2) is 15.0 Å². The maximum Gasteiger partial charge on any atom is 0.433 e. The van der Waals surface area contributed by atoms with E-state index in [9.17, 15) is 13.2 Å². The number of rotatable bonds is 0. The van der Waals surface area contributed by atoms with E-state index in [1.54, 1.807) is 56.7 Å². The van der Waals surface area contributed by atoms with Gasteiger partial charge in [0.2, 0.25) is 0 Å². The van der Waals surface area contributed by atoms with Gasteiger partial charge in [-0.3, -0.25) is 0 Å². The molecule has 0 aliphatic rings. The Morgan fingerprint density at radius 3 is 1.45 bits per heavy atom. The third-order valence-corrected chi connectivity index (χ3v) is 13.9. The highest BCUT2D eigenvalue weighted by Crippen LogP contribution is 2.31. The first-order valence-corrected chi connectivity index (χ1v) is 24.3. The molecule has 9 aromatic heterocycles. The van der Waals surface area contributed by atoms with Crippen LogP contribution in [0.3, 0.4) is 0 Å². The fourth-order valence-corrected chi connectivity index (χ4v) is 10.2. The molecule has 0 spiro atoms. The summed E-state index contributed by atoms with van der Waals surface area (Å²) < 4.78 is 38.1. The molecule has 9 rings (SSSR count). The van der Waals surface area contributed by atoms with E-state index in [-0.39, 0.29) is 0 Å². The zero-order chi connectivity index (χ0) is 44.4. The third-order valence-electron chi connectivity index (χ3n) is 6.91. The molecule has 17 heteroatoms. The van der Waals surface area contributed by atoms with Crippen molar-refractivity contribution in [2.45, 2.75) is 54.6 Å². The first-order chi connectivity index (χ1) is 28.3. The average Bonchev–Trinajstić information content (AvgIpc) is 4.05. The zero-order valence-corrected chi connectivity index (χ0v) is 41.9. The zero-order valence-electron chi connectivity index (χ0n) is 33.2. The Labute approximate surface area is 398 Å². The molecule has 9 aromatic rings. The van der Waals surface area contributed by atoms with Gasteiger partial charge in [-0.1, -0.05) is 76.2 Å². The molecule has 0 fully saturated rings. The molecule has 0 aliphatic carbocycles. The molecule has 0 bridgehead atoms. The van der Waals surface area contributed by atoms with Crippen LogP contribution < -0.4 is 0 Å². The van der Waals surface area contributed by atoms with E-state index in [0.29, 0.717) is 20.2 Å². The standard InChI is InChI=1S/C8H6ClNS.C8H7NS.C7H6F3N.C5H4Cl2S.2C5H5ClS.C5H6S/c1-5-4-6-2-3-7(9)10-8(6)11-5;1-6-5-7-3-2-4-9-8(7)10-6;1-5-3-2-4-6(11-5)7(8,9)10;1-3-2-4(6)5(7)8-3;2*1-4-2-3-5(6)7-4;1-5-3-2-4-6-5/h2-4H,1H3;2-5H,1H3;2-4H,1H3;2H,1H3;2*2-3H,1H3;2-4H,1H3. The molecule has 0 radical (unpaired) electrons. The largest absolute Gasteiger partial charge is 0.433 e. The maximum absolute atomic E-state index is 11.9. The van der Waals surface area contributed by atoms with Gasteiger partial charge in [0.1, 0.15) is 24.8 Å². The summed E-state index contributed by atoms with van der Waals surface area (Å²) in [6.45, 7) is 13.8. The van der Waals surface area contributed by atoms with E-state index in [0.717, 1.165) is 29.3 Å². The van der Waals surface area contributed by atoms with Crippen LogP contribution in [-0.2, 0) is 6.18 Å². The number of halogens is 8. The Kier molecular flexibility index (Phi) is 22.5. The van der Waals surface area contributed by atoms with Crippen LogP contribution in [0, 0.1) is 48.5 Å².